The van der Waals surface area contributed by atoms with E-state index in [-0.39, 0.29) is 18.5 Å². The molecule has 2 atom stereocenters. The van der Waals surface area contributed by atoms with Crippen LogP contribution in [-0.4, -0.2) is 36.7 Å². The van der Waals surface area contributed by atoms with Crippen molar-refractivity contribution < 1.29 is 26.7 Å². The molecule has 1 aliphatic heterocycles. The predicted octanol–water partition coefficient (Wildman–Crippen LogP) is 1.77. The lowest BCUT2D eigenvalue weighted by Crippen LogP contribution is -2.31. The number of hydrogen-bond acceptors (Lipinski definition) is 3. The molecule has 1 aliphatic rings. The normalized spacial score (nSPS) is 25.1. The first-order valence-electron chi connectivity index (χ1n) is 5.91. The molecular weight excluding hydrogens is 295 g/mol. The van der Waals surface area contributed by atoms with E-state index in [0.717, 1.165) is 16.6 Å². The van der Waals surface area contributed by atoms with Gasteiger partial charge in [-0.2, -0.15) is 17.5 Å². The van der Waals surface area contributed by atoms with E-state index >= 15 is 0 Å². The van der Waals surface area contributed by atoms with Crippen LogP contribution in [0.4, 0.5) is 13.2 Å². The van der Waals surface area contributed by atoms with E-state index in [1.807, 2.05) is 0 Å². The monoisotopic (exact) mass is 309 g/mol. The van der Waals surface area contributed by atoms with Crippen LogP contribution in [0.1, 0.15) is 23.6 Å². The summed E-state index contributed by atoms with van der Waals surface area (Å²) in [6.45, 7) is -0.185. The Bertz CT molecular complexity index is 600. The van der Waals surface area contributed by atoms with Crippen molar-refractivity contribution in [3.63, 3.8) is 0 Å². The number of benzene rings is 1. The molecule has 0 saturated carbocycles. The van der Waals surface area contributed by atoms with Crippen LogP contribution in [0, 0.1) is 0 Å². The molecule has 0 bridgehead atoms. The number of aliphatic hydroxyl groups is 1. The van der Waals surface area contributed by atoms with Crippen LogP contribution >= 0.6 is 0 Å². The fraction of sp³-hybridized carbons (Fsp3) is 0.500. The molecule has 8 heteroatoms. The second-order valence-corrected chi connectivity index (χ2v) is 6.76. The standard InChI is InChI=1S/C12H14F3NO3S/c1-20(18,19)16-7-8(17)6-11(16)9-4-2-3-5-10(9)12(13,14)15/h2-5,8,11,17H,6-7H2,1H3/t8-,11+/m0/s1. The second kappa shape index (κ2) is 5.01. The van der Waals surface area contributed by atoms with Crippen LogP contribution < -0.4 is 0 Å². The highest BCUT2D eigenvalue weighted by atomic mass is 32.2. The first-order chi connectivity index (χ1) is 9.10. The summed E-state index contributed by atoms with van der Waals surface area (Å²) in [7, 11) is -3.69. The van der Waals surface area contributed by atoms with E-state index in [2.05, 4.69) is 0 Å². The second-order valence-electron chi connectivity index (χ2n) is 4.82. The summed E-state index contributed by atoms with van der Waals surface area (Å²) < 4.78 is 63.2. The average molecular weight is 309 g/mol. The van der Waals surface area contributed by atoms with Gasteiger partial charge in [0.05, 0.1) is 24.0 Å². The van der Waals surface area contributed by atoms with Gasteiger partial charge in [-0.15, -0.1) is 0 Å². The van der Waals surface area contributed by atoms with E-state index in [9.17, 15) is 26.7 Å². The zero-order valence-corrected chi connectivity index (χ0v) is 11.4. The molecule has 0 aliphatic carbocycles. The number of halogens is 3. The maximum absolute atomic E-state index is 13.0. The maximum Gasteiger partial charge on any atom is 0.416 e. The van der Waals surface area contributed by atoms with Crippen LogP contribution in [0.5, 0.6) is 0 Å². The van der Waals surface area contributed by atoms with Gasteiger partial charge in [-0.1, -0.05) is 18.2 Å². The summed E-state index contributed by atoms with van der Waals surface area (Å²) in [6.07, 6.45) is -4.64. The molecule has 0 spiro atoms. The Hall–Kier alpha value is -1.12. The van der Waals surface area contributed by atoms with E-state index in [1.54, 1.807) is 0 Å². The fourth-order valence-corrected chi connectivity index (χ4v) is 3.58. The molecule has 0 radical (unpaired) electrons. The van der Waals surface area contributed by atoms with Crippen LogP contribution in [0.25, 0.3) is 0 Å². The van der Waals surface area contributed by atoms with Crippen molar-refractivity contribution >= 4 is 10.0 Å². The van der Waals surface area contributed by atoms with Crippen molar-refractivity contribution in [2.75, 3.05) is 12.8 Å². The van der Waals surface area contributed by atoms with Crippen molar-refractivity contribution in [1.29, 1.82) is 0 Å². The number of alkyl halides is 3. The summed E-state index contributed by atoms with van der Waals surface area (Å²) in [6, 6.07) is 3.86. The first-order valence-corrected chi connectivity index (χ1v) is 7.76. The molecule has 20 heavy (non-hydrogen) atoms. The van der Waals surface area contributed by atoms with Gasteiger partial charge in [-0.25, -0.2) is 8.42 Å². The molecule has 2 rings (SSSR count). The highest BCUT2D eigenvalue weighted by Crippen LogP contribution is 2.41. The number of nitrogens with zero attached hydrogens (tertiary/aromatic N) is 1. The number of aliphatic hydroxyl groups excluding tert-OH is 1. The minimum atomic E-state index is -4.56. The van der Waals surface area contributed by atoms with Crippen LogP contribution in [-0.2, 0) is 16.2 Å². The maximum atomic E-state index is 13.0. The highest BCUT2D eigenvalue weighted by Gasteiger charge is 2.42. The van der Waals surface area contributed by atoms with E-state index in [0.29, 0.717) is 0 Å². The molecule has 1 fully saturated rings. The van der Waals surface area contributed by atoms with Gasteiger partial charge in [-0.05, 0) is 18.1 Å². The summed E-state index contributed by atoms with van der Waals surface area (Å²) in [5.74, 6) is 0. The molecule has 1 N–H and O–H groups in total. The van der Waals surface area contributed by atoms with Gasteiger partial charge in [0.15, 0.2) is 0 Å². The molecule has 1 saturated heterocycles. The Balaban J connectivity index is 2.51. The largest absolute Gasteiger partial charge is 0.416 e. The average Bonchev–Trinajstić information content (AvgIpc) is 2.70. The van der Waals surface area contributed by atoms with Crippen molar-refractivity contribution in [3.05, 3.63) is 35.4 Å². The number of hydrogen-bond donors (Lipinski definition) is 1. The van der Waals surface area contributed by atoms with Gasteiger partial charge in [0.25, 0.3) is 0 Å². The molecule has 112 valence electrons. The molecular formula is C12H14F3NO3S. The van der Waals surface area contributed by atoms with Crippen molar-refractivity contribution in [1.82, 2.24) is 4.31 Å². The van der Waals surface area contributed by atoms with Gasteiger partial charge in [-0.3, -0.25) is 0 Å². The smallest absolute Gasteiger partial charge is 0.392 e. The van der Waals surface area contributed by atoms with Crippen molar-refractivity contribution in [2.24, 2.45) is 0 Å². The molecule has 0 amide bonds. The Morgan fingerprint density at radius 3 is 2.45 bits per heavy atom. The van der Waals surface area contributed by atoms with Crippen molar-refractivity contribution in [3.8, 4) is 0 Å². The summed E-state index contributed by atoms with van der Waals surface area (Å²) in [4.78, 5) is 0. The molecule has 1 heterocycles. The molecule has 1 aromatic carbocycles. The topological polar surface area (TPSA) is 57.6 Å². The van der Waals surface area contributed by atoms with Gasteiger partial charge in [0.1, 0.15) is 0 Å². The zero-order chi connectivity index (χ0) is 15.1. The summed E-state index contributed by atoms with van der Waals surface area (Å²) in [5, 5.41) is 9.60. The quantitative estimate of drug-likeness (QED) is 0.906. The molecule has 0 aromatic heterocycles. The Morgan fingerprint density at radius 2 is 1.90 bits per heavy atom. The zero-order valence-electron chi connectivity index (χ0n) is 10.6. The Morgan fingerprint density at radius 1 is 1.30 bits per heavy atom. The van der Waals surface area contributed by atoms with Crippen LogP contribution in [0.3, 0.4) is 0 Å². The third kappa shape index (κ3) is 2.97. The summed E-state index contributed by atoms with van der Waals surface area (Å²) in [5.41, 5.74) is -0.991. The lowest BCUT2D eigenvalue weighted by atomic mass is 9.98. The number of β-amino-alcohol motifs (C(OH)–C–C–N with tert-alkyl or cyclic N) is 1. The first kappa shape index (κ1) is 15.3. The van der Waals surface area contributed by atoms with E-state index < -0.39 is 33.9 Å². The Kier molecular flexibility index (Phi) is 3.83. The van der Waals surface area contributed by atoms with Gasteiger partial charge < -0.3 is 5.11 Å². The third-order valence-corrected chi connectivity index (χ3v) is 4.54. The number of sulfonamides is 1. The van der Waals surface area contributed by atoms with Gasteiger partial charge in [0, 0.05) is 6.54 Å². The minimum Gasteiger partial charge on any atom is -0.392 e. The lowest BCUT2D eigenvalue weighted by molar-refractivity contribution is -0.138. The molecule has 1 aromatic rings. The van der Waals surface area contributed by atoms with E-state index in [1.165, 1.54) is 18.2 Å². The van der Waals surface area contributed by atoms with Crippen molar-refractivity contribution in [2.45, 2.75) is 24.7 Å². The molecule has 4 nitrogen and oxygen atoms in total. The van der Waals surface area contributed by atoms with Crippen LogP contribution in [0.2, 0.25) is 0 Å². The predicted molar refractivity (Wildman–Crippen MR) is 66.4 cm³/mol. The van der Waals surface area contributed by atoms with Gasteiger partial charge >= 0.3 is 6.18 Å². The molecule has 0 unspecified atom stereocenters. The van der Waals surface area contributed by atoms with E-state index in [4.69, 9.17) is 0 Å². The fourth-order valence-electron chi connectivity index (χ4n) is 2.48. The van der Waals surface area contributed by atoms with Gasteiger partial charge in [0.2, 0.25) is 10.0 Å². The highest BCUT2D eigenvalue weighted by molar-refractivity contribution is 7.88. The number of rotatable bonds is 2. The third-order valence-electron chi connectivity index (χ3n) is 3.28. The minimum absolute atomic E-state index is 0.0415. The summed E-state index contributed by atoms with van der Waals surface area (Å²) >= 11 is 0. The SMILES string of the molecule is CS(=O)(=O)N1C[C@@H](O)C[C@@H]1c1ccccc1C(F)(F)F. The lowest BCUT2D eigenvalue weighted by Gasteiger charge is -2.24. The Labute approximate surface area is 114 Å². The van der Waals surface area contributed by atoms with Crippen LogP contribution in [0.15, 0.2) is 24.3 Å².